The molecule has 0 aliphatic rings. The van der Waals surface area contributed by atoms with Gasteiger partial charge in [0, 0.05) is 13.6 Å². The lowest BCUT2D eigenvalue weighted by atomic mass is 10.1. The lowest BCUT2D eigenvalue weighted by molar-refractivity contribution is -0.129. The standard InChI is InChI=1S/C18H20FNO2/c1-3-22-16-10-8-14(9-11-16)13-20(2)18(21)12-15-6-4-5-7-17(15)19/h4-11H,3,12-13H2,1-2H3. The maximum absolute atomic E-state index is 13.6. The topological polar surface area (TPSA) is 29.5 Å². The highest BCUT2D eigenvalue weighted by molar-refractivity contribution is 5.78. The van der Waals surface area contributed by atoms with Gasteiger partial charge >= 0.3 is 0 Å². The molecule has 0 spiro atoms. The van der Waals surface area contributed by atoms with Gasteiger partial charge in [0.1, 0.15) is 11.6 Å². The molecule has 0 N–H and O–H groups in total. The van der Waals surface area contributed by atoms with Crippen LogP contribution >= 0.6 is 0 Å². The Morgan fingerprint density at radius 2 is 1.82 bits per heavy atom. The summed E-state index contributed by atoms with van der Waals surface area (Å²) < 4.78 is 19.0. The van der Waals surface area contributed by atoms with E-state index in [1.807, 2.05) is 31.2 Å². The van der Waals surface area contributed by atoms with Crippen LogP contribution in [0.3, 0.4) is 0 Å². The Kier molecular flexibility index (Phi) is 5.53. The van der Waals surface area contributed by atoms with E-state index >= 15 is 0 Å². The maximum atomic E-state index is 13.6. The quantitative estimate of drug-likeness (QED) is 0.818. The Morgan fingerprint density at radius 1 is 1.14 bits per heavy atom. The van der Waals surface area contributed by atoms with E-state index in [9.17, 15) is 9.18 Å². The first-order valence-electron chi connectivity index (χ1n) is 7.29. The number of likely N-dealkylation sites (N-methyl/N-ethyl adjacent to an activating group) is 1. The first-order chi connectivity index (χ1) is 10.6. The van der Waals surface area contributed by atoms with Crippen LogP contribution in [0.1, 0.15) is 18.1 Å². The fourth-order valence-electron chi connectivity index (χ4n) is 2.16. The fraction of sp³-hybridized carbons (Fsp3) is 0.278. The van der Waals surface area contributed by atoms with Crippen molar-refractivity contribution in [2.75, 3.05) is 13.7 Å². The van der Waals surface area contributed by atoms with E-state index < -0.39 is 0 Å². The lowest BCUT2D eigenvalue weighted by Gasteiger charge is -2.18. The highest BCUT2D eigenvalue weighted by atomic mass is 19.1. The molecule has 22 heavy (non-hydrogen) atoms. The summed E-state index contributed by atoms with van der Waals surface area (Å²) in [7, 11) is 1.72. The molecule has 2 aromatic rings. The first-order valence-corrected chi connectivity index (χ1v) is 7.29. The number of amides is 1. The first kappa shape index (κ1) is 16.0. The molecule has 116 valence electrons. The van der Waals surface area contributed by atoms with Crippen molar-refractivity contribution in [1.82, 2.24) is 4.90 Å². The predicted octanol–water partition coefficient (Wildman–Crippen LogP) is 3.43. The average molecular weight is 301 g/mol. The van der Waals surface area contributed by atoms with Crippen molar-refractivity contribution in [3.63, 3.8) is 0 Å². The van der Waals surface area contributed by atoms with Crippen LogP contribution in [0.5, 0.6) is 5.75 Å². The molecule has 0 unspecified atom stereocenters. The van der Waals surface area contributed by atoms with Crippen molar-refractivity contribution in [3.05, 3.63) is 65.5 Å². The lowest BCUT2D eigenvalue weighted by Crippen LogP contribution is -2.28. The number of ether oxygens (including phenoxy) is 1. The Bertz CT molecular complexity index is 625. The molecular weight excluding hydrogens is 281 g/mol. The van der Waals surface area contributed by atoms with Gasteiger partial charge in [-0.1, -0.05) is 30.3 Å². The minimum atomic E-state index is -0.342. The van der Waals surface area contributed by atoms with Gasteiger partial charge in [-0.15, -0.1) is 0 Å². The predicted molar refractivity (Wildman–Crippen MR) is 84.2 cm³/mol. The summed E-state index contributed by atoms with van der Waals surface area (Å²) in [5.74, 6) is 0.357. The Balaban J connectivity index is 1.95. The third kappa shape index (κ3) is 4.32. The average Bonchev–Trinajstić information content (AvgIpc) is 2.51. The van der Waals surface area contributed by atoms with E-state index in [0.29, 0.717) is 18.7 Å². The van der Waals surface area contributed by atoms with Crippen molar-refractivity contribution in [2.24, 2.45) is 0 Å². The van der Waals surface area contributed by atoms with Crippen LogP contribution < -0.4 is 4.74 Å². The van der Waals surface area contributed by atoms with Gasteiger partial charge in [0.15, 0.2) is 0 Å². The van der Waals surface area contributed by atoms with Gasteiger partial charge in [-0.05, 0) is 36.2 Å². The van der Waals surface area contributed by atoms with Crippen LogP contribution in [0.15, 0.2) is 48.5 Å². The van der Waals surface area contributed by atoms with Gasteiger partial charge in [-0.2, -0.15) is 0 Å². The molecule has 0 saturated carbocycles. The van der Waals surface area contributed by atoms with Crippen molar-refractivity contribution >= 4 is 5.91 Å². The number of hydrogen-bond acceptors (Lipinski definition) is 2. The zero-order chi connectivity index (χ0) is 15.9. The monoisotopic (exact) mass is 301 g/mol. The van der Waals surface area contributed by atoms with Gasteiger partial charge in [-0.25, -0.2) is 4.39 Å². The van der Waals surface area contributed by atoms with Crippen LogP contribution in [-0.2, 0) is 17.8 Å². The SMILES string of the molecule is CCOc1ccc(CN(C)C(=O)Cc2ccccc2F)cc1. The van der Waals surface area contributed by atoms with Crippen molar-refractivity contribution < 1.29 is 13.9 Å². The van der Waals surface area contributed by atoms with E-state index in [1.54, 1.807) is 30.1 Å². The minimum absolute atomic E-state index is 0.0696. The summed E-state index contributed by atoms with van der Waals surface area (Å²) >= 11 is 0. The zero-order valence-corrected chi connectivity index (χ0v) is 12.9. The number of carbonyl (C=O) groups is 1. The summed E-state index contributed by atoms with van der Waals surface area (Å²) in [4.78, 5) is 13.8. The second-order valence-corrected chi connectivity index (χ2v) is 5.09. The van der Waals surface area contributed by atoms with Crippen LogP contribution in [0, 0.1) is 5.82 Å². The molecule has 0 aromatic heterocycles. The Morgan fingerprint density at radius 3 is 2.45 bits per heavy atom. The molecule has 3 nitrogen and oxygen atoms in total. The third-order valence-electron chi connectivity index (χ3n) is 3.38. The van der Waals surface area contributed by atoms with E-state index in [4.69, 9.17) is 4.74 Å². The molecule has 2 rings (SSSR count). The van der Waals surface area contributed by atoms with Crippen LogP contribution in [0.4, 0.5) is 4.39 Å². The summed E-state index contributed by atoms with van der Waals surface area (Å²) in [6, 6.07) is 14.0. The second kappa shape index (κ2) is 7.59. The molecule has 0 radical (unpaired) electrons. The summed E-state index contributed by atoms with van der Waals surface area (Å²) in [5, 5.41) is 0. The normalized spacial score (nSPS) is 10.3. The van der Waals surface area contributed by atoms with E-state index in [2.05, 4.69) is 0 Å². The smallest absolute Gasteiger partial charge is 0.227 e. The molecule has 0 aliphatic carbocycles. The van der Waals surface area contributed by atoms with Gasteiger partial charge < -0.3 is 9.64 Å². The molecule has 0 atom stereocenters. The molecule has 0 heterocycles. The van der Waals surface area contributed by atoms with Crippen molar-refractivity contribution in [2.45, 2.75) is 19.9 Å². The second-order valence-electron chi connectivity index (χ2n) is 5.09. The molecule has 2 aromatic carbocycles. The largest absolute Gasteiger partial charge is 0.494 e. The van der Waals surface area contributed by atoms with Crippen LogP contribution in [-0.4, -0.2) is 24.5 Å². The summed E-state index contributed by atoms with van der Waals surface area (Å²) in [6.45, 7) is 3.04. The Labute approximate surface area is 130 Å². The van der Waals surface area contributed by atoms with Gasteiger partial charge in [0.25, 0.3) is 0 Å². The molecule has 0 bridgehead atoms. The number of hydrogen-bond donors (Lipinski definition) is 0. The number of halogens is 1. The van der Waals surface area contributed by atoms with Gasteiger partial charge in [-0.3, -0.25) is 4.79 Å². The maximum Gasteiger partial charge on any atom is 0.227 e. The van der Waals surface area contributed by atoms with Crippen LogP contribution in [0.25, 0.3) is 0 Å². The number of rotatable bonds is 6. The van der Waals surface area contributed by atoms with Crippen molar-refractivity contribution in [1.29, 1.82) is 0 Å². The van der Waals surface area contributed by atoms with E-state index in [0.717, 1.165) is 11.3 Å². The Hall–Kier alpha value is -2.36. The van der Waals surface area contributed by atoms with Crippen molar-refractivity contribution in [3.8, 4) is 5.75 Å². The number of nitrogens with zero attached hydrogens (tertiary/aromatic N) is 1. The highest BCUT2D eigenvalue weighted by Crippen LogP contribution is 2.14. The van der Waals surface area contributed by atoms with Crippen LogP contribution in [0.2, 0.25) is 0 Å². The molecule has 4 heteroatoms. The van der Waals surface area contributed by atoms with E-state index in [1.165, 1.54) is 6.07 Å². The molecular formula is C18H20FNO2. The highest BCUT2D eigenvalue weighted by Gasteiger charge is 2.12. The zero-order valence-electron chi connectivity index (χ0n) is 12.9. The third-order valence-corrected chi connectivity index (χ3v) is 3.38. The summed E-state index contributed by atoms with van der Waals surface area (Å²) in [5.41, 5.74) is 1.43. The molecule has 1 amide bonds. The molecule has 0 aliphatic heterocycles. The van der Waals surface area contributed by atoms with Gasteiger partial charge in [0.2, 0.25) is 5.91 Å². The molecule has 0 saturated heterocycles. The van der Waals surface area contributed by atoms with Gasteiger partial charge in [0.05, 0.1) is 13.0 Å². The van der Waals surface area contributed by atoms with E-state index in [-0.39, 0.29) is 18.1 Å². The molecule has 0 fully saturated rings. The fourth-order valence-corrected chi connectivity index (χ4v) is 2.16. The minimum Gasteiger partial charge on any atom is -0.494 e. The summed E-state index contributed by atoms with van der Waals surface area (Å²) in [6.07, 6.45) is 0.0696. The number of carbonyl (C=O) groups excluding carboxylic acids is 1. The number of benzene rings is 2.